The molecule has 1 atom stereocenters. The van der Waals surface area contributed by atoms with Crippen LogP contribution in [0.15, 0.2) is 89.4 Å². The number of hydrogen-bond acceptors (Lipinski definition) is 11. The van der Waals surface area contributed by atoms with E-state index in [9.17, 15) is 19.5 Å². The summed E-state index contributed by atoms with van der Waals surface area (Å²) in [5.41, 5.74) is 2.26. The molecule has 0 bridgehead atoms. The minimum Gasteiger partial charge on any atom is -0.508 e. The lowest BCUT2D eigenvalue weighted by molar-refractivity contribution is -0.136. The van der Waals surface area contributed by atoms with Gasteiger partial charge in [-0.2, -0.15) is 0 Å². The molecule has 2 aliphatic heterocycles. The van der Waals surface area contributed by atoms with Crippen LogP contribution in [0, 0.1) is 0 Å². The van der Waals surface area contributed by atoms with Crippen LogP contribution < -0.4 is 19.5 Å². The molecule has 3 heterocycles. The van der Waals surface area contributed by atoms with Crippen LogP contribution in [-0.2, 0) is 30.3 Å². The highest BCUT2D eigenvalue weighted by Crippen LogP contribution is 2.47. The van der Waals surface area contributed by atoms with E-state index in [1.165, 1.54) is 4.90 Å². The second-order valence-corrected chi connectivity index (χ2v) is 14.7. The van der Waals surface area contributed by atoms with Crippen molar-refractivity contribution in [3.8, 4) is 39.2 Å². The van der Waals surface area contributed by atoms with Crippen LogP contribution in [0.4, 0.5) is 0 Å². The molecule has 1 unspecified atom stereocenters. The van der Waals surface area contributed by atoms with Crippen molar-refractivity contribution in [1.82, 2.24) is 10.2 Å². The normalized spacial score (nSPS) is 15.3. The fraction of sp³-hybridized carbons (Fsp3) is 0.293. The maximum Gasteiger partial charge on any atom is 0.255 e. The number of nitrogens with zero attached hydrogens (tertiary/aromatic N) is 1. The number of ether oxygens (including phenoxy) is 6. The number of phenols is 1. The van der Waals surface area contributed by atoms with Gasteiger partial charge in [-0.25, -0.2) is 0 Å². The molecule has 4 aromatic carbocycles. The van der Waals surface area contributed by atoms with Crippen LogP contribution in [0.5, 0.6) is 28.7 Å². The number of imide groups is 1. The van der Waals surface area contributed by atoms with E-state index in [2.05, 4.69) is 21.2 Å². The number of benzene rings is 4. The molecular weight excluding hydrogens is 792 g/mol. The number of piperidine rings is 1. The summed E-state index contributed by atoms with van der Waals surface area (Å²) in [6, 6.07) is 25.4. The zero-order valence-electron chi connectivity index (χ0n) is 29.8. The number of phenolic OH excluding ortho intramolecular Hbond substituents is 1. The van der Waals surface area contributed by atoms with E-state index < -0.39 is 11.9 Å². The number of aromatic hydroxyl groups is 1. The second kappa shape index (κ2) is 18.1. The van der Waals surface area contributed by atoms with E-state index in [0.29, 0.717) is 75.5 Å². The summed E-state index contributed by atoms with van der Waals surface area (Å²) in [4.78, 5) is 39.3. The van der Waals surface area contributed by atoms with Gasteiger partial charge in [-0.05, 0) is 78.7 Å². The Morgan fingerprint density at radius 3 is 2.16 bits per heavy atom. The number of rotatable bonds is 18. The lowest BCUT2D eigenvalue weighted by atomic mass is 10.0. The molecule has 1 fully saturated rings. The maximum atomic E-state index is 13.0. The number of hydrogen-bond donors (Lipinski definition) is 2. The molecule has 0 aliphatic carbocycles. The fourth-order valence-electron chi connectivity index (χ4n) is 6.34. The van der Waals surface area contributed by atoms with Crippen molar-refractivity contribution < 1.29 is 47.9 Å². The van der Waals surface area contributed by atoms with Gasteiger partial charge in [0.2, 0.25) is 11.8 Å². The Morgan fingerprint density at radius 2 is 1.45 bits per heavy atom. The highest BCUT2D eigenvalue weighted by atomic mass is 79.9. The van der Waals surface area contributed by atoms with Crippen molar-refractivity contribution in [1.29, 1.82) is 0 Å². The van der Waals surface area contributed by atoms with Gasteiger partial charge in [-0.15, -0.1) is 11.3 Å². The molecule has 3 amide bonds. The molecule has 5 aromatic rings. The number of carbonyl (C=O) groups is 3. The molecule has 14 heteroatoms. The van der Waals surface area contributed by atoms with Gasteiger partial charge in [0.15, 0.2) is 5.75 Å². The monoisotopic (exact) mass is 830 g/mol. The Kier molecular flexibility index (Phi) is 12.6. The quantitative estimate of drug-likeness (QED) is 0.0694. The molecular formula is C41H39BrN2O10S. The topological polar surface area (TPSA) is 142 Å². The summed E-state index contributed by atoms with van der Waals surface area (Å²) in [6.45, 7) is 3.27. The molecule has 2 aliphatic rings. The zero-order chi connectivity index (χ0) is 38.1. The maximum absolute atomic E-state index is 13.0. The molecule has 286 valence electrons. The van der Waals surface area contributed by atoms with Gasteiger partial charge in [0.25, 0.3) is 5.91 Å². The largest absolute Gasteiger partial charge is 0.508 e. The highest BCUT2D eigenvalue weighted by molar-refractivity contribution is 9.10. The molecule has 1 aromatic heterocycles. The predicted molar refractivity (Wildman–Crippen MR) is 209 cm³/mol. The minimum absolute atomic E-state index is 0.205. The SMILES string of the molecule is O=C1CCC(N2Cc3c(OCCOCCOCCOCCOc4ccc(Oc5c(-c6ccc(Br)cc6)sc6cc(O)ccc56)cc4)cccc3C2=O)C(=O)N1. The first-order valence-corrected chi connectivity index (χ1v) is 19.5. The van der Waals surface area contributed by atoms with Gasteiger partial charge in [-0.3, -0.25) is 19.7 Å². The third-order valence-electron chi connectivity index (χ3n) is 9.04. The van der Waals surface area contributed by atoms with Gasteiger partial charge in [0.1, 0.15) is 42.3 Å². The van der Waals surface area contributed by atoms with Crippen molar-refractivity contribution in [3.63, 3.8) is 0 Å². The lowest BCUT2D eigenvalue weighted by Crippen LogP contribution is -2.52. The van der Waals surface area contributed by atoms with Gasteiger partial charge in [0.05, 0.1) is 51.1 Å². The van der Waals surface area contributed by atoms with E-state index in [1.807, 2.05) is 54.6 Å². The fourth-order valence-corrected chi connectivity index (χ4v) is 7.77. The third-order valence-corrected chi connectivity index (χ3v) is 10.8. The minimum atomic E-state index is -0.672. The Balaban J connectivity index is 0.755. The number of amides is 3. The molecule has 12 nitrogen and oxygen atoms in total. The van der Waals surface area contributed by atoms with Crippen LogP contribution in [0.1, 0.15) is 28.8 Å². The van der Waals surface area contributed by atoms with Crippen molar-refractivity contribution >= 4 is 55.1 Å². The molecule has 0 radical (unpaired) electrons. The van der Waals surface area contributed by atoms with E-state index >= 15 is 0 Å². The Labute approximate surface area is 330 Å². The first-order chi connectivity index (χ1) is 26.8. The molecule has 1 saturated heterocycles. The Hall–Kier alpha value is -4.99. The highest BCUT2D eigenvalue weighted by Gasteiger charge is 2.40. The van der Waals surface area contributed by atoms with Gasteiger partial charge in [-0.1, -0.05) is 34.1 Å². The number of thiophene rings is 1. The van der Waals surface area contributed by atoms with E-state index in [0.717, 1.165) is 36.3 Å². The number of halogens is 1. The van der Waals surface area contributed by atoms with E-state index in [-0.39, 0.29) is 37.1 Å². The van der Waals surface area contributed by atoms with Gasteiger partial charge < -0.3 is 38.4 Å². The zero-order valence-corrected chi connectivity index (χ0v) is 32.2. The smallest absolute Gasteiger partial charge is 0.255 e. The summed E-state index contributed by atoms with van der Waals surface area (Å²) >= 11 is 5.07. The first-order valence-electron chi connectivity index (χ1n) is 17.9. The van der Waals surface area contributed by atoms with Crippen LogP contribution in [0.3, 0.4) is 0 Å². The van der Waals surface area contributed by atoms with E-state index in [1.54, 1.807) is 41.7 Å². The van der Waals surface area contributed by atoms with Gasteiger partial charge >= 0.3 is 0 Å². The van der Waals surface area contributed by atoms with Crippen LogP contribution >= 0.6 is 27.3 Å². The molecule has 55 heavy (non-hydrogen) atoms. The van der Waals surface area contributed by atoms with Crippen molar-refractivity contribution in [2.45, 2.75) is 25.4 Å². The third kappa shape index (κ3) is 9.46. The number of fused-ring (bicyclic) bond motifs is 2. The van der Waals surface area contributed by atoms with Gasteiger partial charge in [0, 0.05) is 32.1 Å². The summed E-state index contributed by atoms with van der Waals surface area (Å²) < 4.78 is 36.9. The Morgan fingerprint density at radius 1 is 0.782 bits per heavy atom. The molecule has 0 saturated carbocycles. The van der Waals surface area contributed by atoms with Crippen molar-refractivity contribution in [2.75, 3.05) is 52.9 Å². The second-order valence-electron chi connectivity index (χ2n) is 12.7. The summed E-state index contributed by atoms with van der Waals surface area (Å²) in [6.07, 6.45) is 0.514. The average molecular weight is 832 g/mol. The standard InChI is InChI=1S/C41H39BrN2O10S/c42-27-6-4-26(5-7-27)39-38(32-13-8-28(45)24-36(32)55-39)54-30-11-9-29(10-12-30)52-22-20-50-18-16-49-17-19-51-21-23-53-35-3-1-2-31-33(35)25-44(41(31)48)34-14-15-37(46)43-40(34)47/h1-13,24,34,45H,14-23,25H2,(H,43,46,47). The van der Waals surface area contributed by atoms with Crippen LogP contribution in [0.25, 0.3) is 20.5 Å². The number of carbonyl (C=O) groups excluding carboxylic acids is 3. The Bertz CT molecular complexity index is 2140. The predicted octanol–water partition coefficient (Wildman–Crippen LogP) is 7.10. The van der Waals surface area contributed by atoms with Crippen LogP contribution in [0.2, 0.25) is 0 Å². The summed E-state index contributed by atoms with van der Waals surface area (Å²) in [5.74, 6) is 1.88. The first kappa shape index (κ1) is 38.3. The number of nitrogens with one attached hydrogen (secondary N) is 1. The van der Waals surface area contributed by atoms with Crippen molar-refractivity contribution in [3.05, 3.63) is 101 Å². The summed E-state index contributed by atoms with van der Waals surface area (Å²) in [7, 11) is 0. The average Bonchev–Trinajstić information content (AvgIpc) is 3.71. The molecule has 0 spiro atoms. The molecule has 2 N–H and O–H groups in total. The summed E-state index contributed by atoms with van der Waals surface area (Å²) in [5, 5.41) is 13.3. The lowest BCUT2D eigenvalue weighted by Gasteiger charge is -2.29. The molecule has 7 rings (SSSR count). The van der Waals surface area contributed by atoms with E-state index in [4.69, 9.17) is 28.4 Å². The van der Waals surface area contributed by atoms with Crippen LogP contribution in [-0.4, -0.2) is 86.6 Å². The van der Waals surface area contributed by atoms with Crippen molar-refractivity contribution in [2.24, 2.45) is 0 Å².